The number of esters is 1. The molecular weight excluding hydrogens is 188 g/mol. The van der Waals surface area contributed by atoms with E-state index in [-0.39, 0.29) is 5.97 Å². The highest BCUT2D eigenvalue weighted by Gasteiger charge is 2.23. The van der Waals surface area contributed by atoms with Crippen molar-refractivity contribution in [1.82, 2.24) is 0 Å². The molecule has 15 heavy (non-hydrogen) atoms. The summed E-state index contributed by atoms with van der Waals surface area (Å²) in [5.41, 5.74) is 0. The molecule has 0 bridgehead atoms. The van der Waals surface area contributed by atoms with E-state index < -0.39 is 0 Å². The summed E-state index contributed by atoms with van der Waals surface area (Å²) in [6.07, 6.45) is 8.39. The largest absolute Gasteiger partial charge is 0.466 e. The van der Waals surface area contributed by atoms with Crippen molar-refractivity contribution >= 4 is 5.97 Å². The molecule has 0 spiro atoms. The quantitative estimate of drug-likeness (QED) is 0.651. The molecule has 0 unspecified atom stereocenters. The number of carbonyl (C=O) groups is 1. The first kappa shape index (κ1) is 12.5. The lowest BCUT2D eigenvalue weighted by atomic mass is 9.78. The van der Waals surface area contributed by atoms with Gasteiger partial charge in [-0.3, -0.25) is 4.79 Å². The van der Waals surface area contributed by atoms with E-state index >= 15 is 0 Å². The number of rotatable bonds is 5. The molecule has 0 aliphatic heterocycles. The molecule has 88 valence electrons. The molecule has 1 fully saturated rings. The molecule has 1 aliphatic carbocycles. The van der Waals surface area contributed by atoms with Crippen molar-refractivity contribution in [2.75, 3.05) is 6.61 Å². The molecule has 0 heterocycles. The van der Waals surface area contributed by atoms with Gasteiger partial charge in [-0.15, -0.1) is 0 Å². The second-order valence-electron chi connectivity index (χ2n) is 4.70. The van der Waals surface area contributed by atoms with Gasteiger partial charge in [0.2, 0.25) is 0 Å². The predicted octanol–water partition coefficient (Wildman–Crippen LogP) is 3.55. The van der Waals surface area contributed by atoms with E-state index in [0.29, 0.717) is 18.9 Å². The zero-order valence-electron chi connectivity index (χ0n) is 10.1. The van der Waals surface area contributed by atoms with Gasteiger partial charge in [0.25, 0.3) is 0 Å². The Hall–Kier alpha value is -0.530. The molecule has 0 amide bonds. The number of hydrogen-bond acceptors (Lipinski definition) is 2. The van der Waals surface area contributed by atoms with Gasteiger partial charge >= 0.3 is 5.97 Å². The SMILES string of the molecule is CCC[C@@H]1CCC[C@H](CC(=O)OCC)C1. The normalized spacial score (nSPS) is 26.3. The Bertz CT molecular complexity index is 187. The summed E-state index contributed by atoms with van der Waals surface area (Å²) < 4.78 is 5.00. The standard InChI is InChI=1S/C13H24O2/c1-3-6-11-7-5-8-12(9-11)10-13(14)15-4-2/h11-12H,3-10H2,1-2H3/t11-,12+/m1/s1. The van der Waals surface area contributed by atoms with Crippen LogP contribution in [0.1, 0.15) is 58.8 Å². The fourth-order valence-corrected chi connectivity index (χ4v) is 2.71. The predicted molar refractivity (Wildman–Crippen MR) is 61.6 cm³/mol. The summed E-state index contributed by atoms with van der Waals surface area (Å²) in [5.74, 6) is 1.46. The first-order chi connectivity index (χ1) is 7.26. The lowest BCUT2D eigenvalue weighted by Crippen LogP contribution is -2.19. The van der Waals surface area contributed by atoms with E-state index in [9.17, 15) is 4.79 Å². The molecule has 2 atom stereocenters. The van der Waals surface area contributed by atoms with Crippen molar-refractivity contribution in [2.24, 2.45) is 11.8 Å². The second-order valence-corrected chi connectivity index (χ2v) is 4.70. The Kier molecular flexibility index (Phi) is 5.74. The van der Waals surface area contributed by atoms with Crippen molar-refractivity contribution in [3.63, 3.8) is 0 Å². The minimum Gasteiger partial charge on any atom is -0.466 e. The van der Waals surface area contributed by atoms with Gasteiger partial charge in [-0.05, 0) is 31.6 Å². The van der Waals surface area contributed by atoms with Crippen LogP contribution in [0.2, 0.25) is 0 Å². The summed E-state index contributed by atoms with van der Waals surface area (Å²) in [6.45, 7) is 4.64. The van der Waals surface area contributed by atoms with E-state index in [1.807, 2.05) is 6.92 Å². The summed E-state index contributed by atoms with van der Waals surface area (Å²) >= 11 is 0. The molecule has 0 aromatic heterocycles. The van der Waals surface area contributed by atoms with Gasteiger partial charge in [-0.2, -0.15) is 0 Å². The average Bonchev–Trinajstić information content (AvgIpc) is 2.19. The minimum absolute atomic E-state index is 0.000325. The van der Waals surface area contributed by atoms with E-state index in [2.05, 4.69) is 6.92 Å². The Balaban J connectivity index is 2.26. The average molecular weight is 212 g/mol. The first-order valence-electron chi connectivity index (χ1n) is 6.41. The minimum atomic E-state index is -0.000325. The highest BCUT2D eigenvalue weighted by molar-refractivity contribution is 5.69. The van der Waals surface area contributed by atoms with Crippen LogP contribution in [0.5, 0.6) is 0 Å². The fourth-order valence-electron chi connectivity index (χ4n) is 2.71. The molecule has 1 rings (SSSR count). The maximum Gasteiger partial charge on any atom is 0.306 e. The zero-order chi connectivity index (χ0) is 11.1. The van der Waals surface area contributed by atoms with Crippen LogP contribution in [0.15, 0.2) is 0 Å². The van der Waals surface area contributed by atoms with Crippen LogP contribution in [0.25, 0.3) is 0 Å². The monoisotopic (exact) mass is 212 g/mol. The van der Waals surface area contributed by atoms with E-state index in [0.717, 1.165) is 5.92 Å². The van der Waals surface area contributed by atoms with E-state index in [1.54, 1.807) is 0 Å². The van der Waals surface area contributed by atoms with Crippen LogP contribution >= 0.6 is 0 Å². The van der Waals surface area contributed by atoms with Crippen molar-refractivity contribution < 1.29 is 9.53 Å². The molecule has 1 saturated carbocycles. The summed E-state index contributed by atoms with van der Waals surface area (Å²) in [6, 6.07) is 0. The zero-order valence-corrected chi connectivity index (χ0v) is 10.1. The Labute approximate surface area is 93.4 Å². The van der Waals surface area contributed by atoms with E-state index in [4.69, 9.17) is 4.74 Å². The Morgan fingerprint density at radius 3 is 2.67 bits per heavy atom. The topological polar surface area (TPSA) is 26.3 Å². The van der Waals surface area contributed by atoms with Crippen molar-refractivity contribution in [3.05, 3.63) is 0 Å². The van der Waals surface area contributed by atoms with Crippen LogP contribution in [-0.4, -0.2) is 12.6 Å². The second kappa shape index (κ2) is 6.86. The van der Waals surface area contributed by atoms with Crippen molar-refractivity contribution in [1.29, 1.82) is 0 Å². The van der Waals surface area contributed by atoms with Gasteiger partial charge in [0.15, 0.2) is 0 Å². The van der Waals surface area contributed by atoms with Crippen LogP contribution < -0.4 is 0 Å². The summed E-state index contributed by atoms with van der Waals surface area (Å²) in [7, 11) is 0. The third-order valence-electron chi connectivity index (χ3n) is 3.35. The van der Waals surface area contributed by atoms with E-state index in [1.165, 1.54) is 38.5 Å². The summed E-state index contributed by atoms with van der Waals surface area (Å²) in [5, 5.41) is 0. The summed E-state index contributed by atoms with van der Waals surface area (Å²) in [4.78, 5) is 11.4. The number of hydrogen-bond donors (Lipinski definition) is 0. The maximum absolute atomic E-state index is 11.4. The van der Waals surface area contributed by atoms with Gasteiger partial charge in [0.1, 0.15) is 0 Å². The lowest BCUT2D eigenvalue weighted by Gasteiger charge is -2.28. The first-order valence-corrected chi connectivity index (χ1v) is 6.41. The van der Waals surface area contributed by atoms with Crippen LogP contribution in [0, 0.1) is 11.8 Å². The fraction of sp³-hybridized carbons (Fsp3) is 0.923. The molecule has 2 heteroatoms. The van der Waals surface area contributed by atoms with Crippen molar-refractivity contribution in [3.8, 4) is 0 Å². The molecule has 0 saturated heterocycles. The van der Waals surface area contributed by atoms with Gasteiger partial charge in [0.05, 0.1) is 6.61 Å². The molecule has 0 radical (unpaired) electrons. The van der Waals surface area contributed by atoms with Crippen LogP contribution in [0.3, 0.4) is 0 Å². The number of carbonyl (C=O) groups excluding carboxylic acids is 1. The smallest absolute Gasteiger partial charge is 0.306 e. The third-order valence-corrected chi connectivity index (χ3v) is 3.35. The highest BCUT2D eigenvalue weighted by atomic mass is 16.5. The lowest BCUT2D eigenvalue weighted by molar-refractivity contribution is -0.144. The van der Waals surface area contributed by atoms with Gasteiger partial charge < -0.3 is 4.74 Å². The van der Waals surface area contributed by atoms with Crippen LogP contribution in [-0.2, 0) is 9.53 Å². The highest BCUT2D eigenvalue weighted by Crippen LogP contribution is 2.33. The maximum atomic E-state index is 11.4. The Morgan fingerprint density at radius 2 is 2.00 bits per heavy atom. The van der Waals surface area contributed by atoms with Gasteiger partial charge in [0, 0.05) is 6.42 Å². The van der Waals surface area contributed by atoms with Crippen molar-refractivity contribution in [2.45, 2.75) is 58.8 Å². The van der Waals surface area contributed by atoms with Gasteiger partial charge in [-0.25, -0.2) is 0 Å². The molecular formula is C13H24O2. The van der Waals surface area contributed by atoms with Crippen LogP contribution in [0.4, 0.5) is 0 Å². The molecule has 0 N–H and O–H groups in total. The Morgan fingerprint density at radius 1 is 1.27 bits per heavy atom. The van der Waals surface area contributed by atoms with Gasteiger partial charge in [-0.1, -0.05) is 32.6 Å². The molecule has 1 aliphatic rings. The molecule has 0 aromatic carbocycles. The molecule has 2 nitrogen and oxygen atoms in total. The molecule has 0 aromatic rings. The number of ether oxygens (including phenoxy) is 1. The third kappa shape index (κ3) is 4.67.